The molecule has 0 amide bonds. The molecule has 0 aliphatic rings. The van der Waals surface area contributed by atoms with Crippen LogP contribution in [0.4, 0.5) is 19.1 Å². The van der Waals surface area contributed by atoms with E-state index in [9.17, 15) is 28.5 Å². The molecular weight excluding hydrogens is 555 g/mol. The van der Waals surface area contributed by atoms with Gasteiger partial charge in [-0.1, -0.05) is 30.3 Å². The summed E-state index contributed by atoms with van der Waals surface area (Å²) in [5.41, 5.74) is 3.09. The average molecular weight is 576 g/mol. The zero-order chi connectivity index (χ0) is 29.6. The minimum Gasteiger partial charge on any atom is -0.496 e. The van der Waals surface area contributed by atoms with Crippen molar-refractivity contribution in [3.8, 4) is 29.1 Å². The number of halogens is 3. The van der Waals surface area contributed by atoms with E-state index in [1.165, 1.54) is 20.2 Å². The number of ether oxygens (including phenoxy) is 1. The van der Waals surface area contributed by atoms with E-state index in [0.29, 0.717) is 22.4 Å². The zero-order valence-electron chi connectivity index (χ0n) is 21.6. The highest BCUT2D eigenvalue weighted by Crippen LogP contribution is 2.35. The lowest BCUT2D eigenvalue weighted by Gasteiger charge is -2.13. The molecule has 41 heavy (non-hydrogen) atoms. The first-order valence-corrected chi connectivity index (χ1v) is 12.8. The molecule has 0 saturated heterocycles. The van der Waals surface area contributed by atoms with Crippen molar-refractivity contribution < 1.29 is 17.9 Å². The second-order valence-corrected chi connectivity index (χ2v) is 9.42. The maximum absolute atomic E-state index is 13.3. The Bertz CT molecular complexity index is 1760. The summed E-state index contributed by atoms with van der Waals surface area (Å²) in [6.07, 6.45) is -3.20. The second kappa shape index (κ2) is 12.4. The SMILES string of the molecule is COc1ccc(C=NNc2nc(-c3ccccc3)c(C#N)c(=O)[nH]2)cc1CSc1nc(C(F)(F)F)cc(C)c1C#N. The number of nitriles is 2. The number of nitrogens with zero attached hydrogens (tertiary/aromatic N) is 5. The first-order chi connectivity index (χ1) is 19.6. The second-order valence-electron chi connectivity index (χ2n) is 8.46. The third kappa shape index (κ3) is 6.72. The van der Waals surface area contributed by atoms with E-state index in [-0.39, 0.29) is 39.1 Å². The highest BCUT2D eigenvalue weighted by Gasteiger charge is 2.34. The number of rotatable bonds is 8. The van der Waals surface area contributed by atoms with Crippen LogP contribution in [0.25, 0.3) is 11.3 Å². The highest BCUT2D eigenvalue weighted by atomic mass is 32.2. The Hall–Kier alpha value is -5.14. The van der Waals surface area contributed by atoms with Crippen LogP contribution in [0.3, 0.4) is 0 Å². The van der Waals surface area contributed by atoms with Crippen LogP contribution in [0.15, 0.2) is 69.5 Å². The van der Waals surface area contributed by atoms with Gasteiger partial charge in [0.15, 0.2) is 0 Å². The highest BCUT2D eigenvalue weighted by molar-refractivity contribution is 7.98. The molecule has 0 fully saturated rings. The number of hydrogen-bond donors (Lipinski definition) is 2. The van der Waals surface area contributed by atoms with Crippen LogP contribution in [-0.4, -0.2) is 28.3 Å². The van der Waals surface area contributed by atoms with Crippen molar-refractivity contribution in [2.75, 3.05) is 12.5 Å². The van der Waals surface area contributed by atoms with E-state index in [2.05, 4.69) is 25.5 Å². The van der Waals surface area contributed by atoms with Crippen molar-refractivity contribution in [1.29, 1.82) is 10.5 Å². The quantitative estimate of drug-likeness (QED) is 0.156. The summed E-state index contributed by atoms with van der Waals surface area (Å²) in [5, 5.41) is 23.0. The smallest absolute Gasteiger partial charge is 0.433 e. The number of hydrazone groups is 1. The number of H-pyrrole nitrogens is 1. The number of aromatic nitrogens is 3. The van der Waals surface area contributed by atoms with Gasteiger partial charge in [-0.2, -0.15) is 28.8 Å². The summed E-state index contributed by atoms with van der Waals surface area (Å²) in [5.74, 6) is 0.657. The Morgan fingerprint density at radius 3 is 2.49 bits per heavy atom. The zero-order valence-corrected chi connectivity index (χ0v) is 22.4. The van der Waals surface area contributed by atoms with Gasteiger partial charge in [-0.25, -0.2) is 15.4 Å². The molecule has 13 heteroatoms. The van der Waals surface area contributed by atoms with Crippen molar-refractivity contribution in [3.05, 3.63) is 98.5 Å². The third-order valence-electron chi connectivity index (χ3n) is 5.72. The van der Waals surface area contributed by atoms with Crippen LogP contribution in [0.2, 0.25) is 0 Å². The summed E-state index contributed by atoms with van der Waals surface area (Å²) in [6, 6.07) is 18.5. The van der Waals surface area contributed by atoms with E-state index in [0.717, 1.165) is 17.8 Å². The van der Waals surface area contributed by atoms with Gasteiger partial charge in [0, 0.05) is 16.9 Å². The largest absolute Gasteiger partial charge is 0.496 e. The van der Waals surface area contributed by atoms with E-state index in [4.69, 9.17) is 4.74 Å². The number of benzene rings is 2. The van der Waals surface area contributed by atoms with Crippen LogP contribution in [-0.2, 0) is 11.9 Å². The number of hydrogen-bond acceptors (Lipinski definition) is 9. The van der Waals surface area contributed by atoms with Crippen LogP contribution in [0, 0.1) is 29.6 Å². The molecule has 206 valence electrons. The fourth-order valence-electron chi connectivity index (χ4n) is 3.77. The van der Waals surface area contributed by atoms with Crippen LogP contribution in [0.1, 0.15) is 33.5 Å². The van der Waals surface area contributed by atoms with Gasteiger partial charge in [-0.3, -0.25) is 9.78 Å². The van der Waals surface area contributed by atoms with Gasteiger partial charge in [0.2, 0.25) is 5.95 Å². The summed E-state index contributed by atoms with van der Waals surface area (Å²) in [4.78, 5) is 22.9. The molecule has 0 aliphatic carbocycles. The molecule has 4 rings (SSSR count). The van der Waals surface area contributed by atoms with Crippen molar-refractivity contribution >= 4 is 23.9 Å². The number of alkyl halides is 3. The Labute approximate surface area is 236 Å². The van der Waals surface area contributed by atoms with E-state index in [1.807, 2.05) is 12.1 Å². The van der Waals surface area contributed by atoms with Gasteiger partial charge in [0.05, 0.1) is 24.6 Å². The van der Waals surface area contributed by atoms with E-state index < -0.39 is 17.4 Å². The fourth-order valence-corrected chi connectivity index (χ4v) is 4.80. The normalized spacial score (nSPS) is 11.2. The molecular formula is C28H20F3N7O2S. The Morgan fingerprint density at radius 2 is 1.83 bits per heavy atom. The van der Waals surface area contributed by atoms with Gasteiger partial charge in [0.1, 0.15) is 34.2 Å². The Balaban J connectivity index is 1.57. The van der Waals surface area contributed by atoms with Gasteiger partial charge >= 0.3 is 6.18 Å². The summed E-state index contributed by atoms with van der Waals surface area (Å²) in [6.45, 7) is 1.43. The molecule has 0 aliphatic heterocycles. The molecule has 0 bridgehead atoms. The third-order valence-corrected chi connectivity index (χ3v) is 6.74. The molecule has 2 aromatic heterocycles. The van der Waals surface area contributed by atoms with Gasteiger partial charge in [0.25, 0.3) is 5.56 Å². The van der Waals surface area contributed by atoms with Crippen molar-refractivity contribution in [2.45, 2.75) is 23.9 Å². The molecule has 0 saturated carbocycles. The Kier molecular flexibility index (Phi) is 8.70. The summed E-state index contributed by atoms with van der Waals surface area (Å²) in [7, 11) is 1.46. The lowest BCUT2D eigenvalue weighted by atomic mass is 10.1. The molecule has 4 aromatic rings. The number of nitrogens with one attached hydrogen (secondary N) is 2. The molecule has 9 nitrogen and oxygen atoms in total. The molecule has 0 spiro atoms. The molecule has 0 atom stereocenters. The number of methoxy groups -OCH3 is 1. The Morgan fingerprint density at radius 1 is 1.10 bits per heavy atom. The minimum absolute atomic E-state index is 0.0171. The maximum Gasteiger partial charge on any atom is 0.433 e. The first kappa shape index (κ1) is 28.9. The number of aryl methyl sites for hydroxylation is 1. The lowest BCUT2D eigenvalue weighted by molar-refractivity contribution is -0.141. The van der Waals surface area contributed by atoms with E-state index in [1.54, 1.807) is 48.5 Å². The predicted molar refractivity (Wildman–Crippen MR) is 147 cm³/mol. The maximum atomic E-state index is 13.3. The standard InChI is InChI=1S/C28H20F3N7O2S/c1-16-10-23(28(29,30)31)35-26(20(16)12-32)41-15-19-11-17(8-9-22(19)40-2)14-34-38-27-36-24(18-6-4-3-5-7-18)21(13-33)25(39)37-27/h3-11,14H,15H2,1-2H3,(H2,36,37,38,39). The predicted octanol–water partition coefficient (Wildman–Crippen LogP) is 5.65. The van der Waals surface area contributed by atoms with Crippen molar-refractivity contribution in [3.63, 3.8) is 0 Å². The first-order valence-electron chi connectivity index (χ1n) is 11.8. The van der Waals surface area contributed by atoms with Crippen molar-refractivity contribution in [1.82, 2.24) is 15.0 Å². The lowest BCUT2D eigenvalue weighted by Crippen LogP contribution is -2.16. The number of anilines is 1. The topological polar surface area (TPSA) is 140 Å². The van der Waals surface area contributed by atoms with E-state index >= 15 is 0 Å². The van der Waals surface area contributed by atoms with Gasteiger partial charge < -0.3 is 4.74 Å². The van der Waals surface area contributed by atoms with Crippen LogP contribution < -0.4 is 15.7 Å². The molecule has 2 N–H and O–H groups in total. The number of aromatic amines is 1. The molecule has 0 unspecified atom stereocenters. The average Bonchev–Trinajstić information content (AvgIpc) is 2.95. The number of pyridine rings is 1. The van der Waals surface area contributed by atoms with Gasteiger partial charge in [-0.15, -0.1) is 11.8 Å². The fraction of sp³-hybridized carbons (Fsp3) is 0.143. The summed E-state index contributed by atoms with van der Waals surface area (Å²) >= 11 is 0.983. The minimum atomic E-state index is -4.65. The van der Waals surface area contributed by atoms with Crippen LogP contribution >= 0.6 is 11.8 Å². The molecule has 2 aromatic carbocycles. The summed E-state index contributed by atoms with van der Waals surface area (Å²) < 4.78 is 45.3. The van der Waals surface area contributed by atoms with Gasteiger partial charge in [-0.05, 0) is 42.3 Å². The molecule has 2 heterocycles. The number of thioether (sulfide) groups is 1. The van der Waals surface area contributed by atoms with Crippen LogP contribution in [0.5, 0.6) is 5.75 Å². The molecule has 0 radical (unpaired) electrons. The monoisotopic (exact) mass is 575 g/mol. The van der Waals surface area contributed by atoms with Crippen molar-refractivity contribution in [2.24, 2.45) is 5.10 Å².